The maximum atomic E-state index is 12.3. The number of aromatic nitrogens is 1. The van der Waals surface area contributed by atoms with E-state index in [1.165, 1.54) is 0 Å². The largest absolute Gasteiger partial charge is 0.486 e. The van der Waals surface area contributed by atoms with Crippen LogP contribution in [0.15, 0.2) is 53.3 Å². The molecule has 1 aromatic heterocycles. The van der Waals surface area contributed by atoms with Crippen LogP contribution in [0.5, 0.6) is 11.5 Å². The first kappa shape index (κ1) is 16.2. The number of amides is 1. The molecular weight excluding hydrogens is 332 g/mol. The second kappa shape index (κ2) is 6.92. The van der Waals surface area contributed by atoms with Gasteiger partial charge in [-0.3, -0.25) is 9.59 Å². The molecule has 26 heavy (non-hydrogen) atoms. The summed E-state index contributed by atoms with van der Waals surface area (Å²) in [5, 5.41) is 3.63. The maximum absolute atomic E-state index is 12.3. The summed E-state index contributed by atoms with van der Waals surface area (Å²) in [4.78, 5) is 27.2. The fraction of sp³-hybridized carbons (Fsp3) is 0.200. The molecule has 2 heterocycles. The third-order valence-corrected chi connectivity index (χ3v) is 4.27. The molecule has 2 aromatic carbocycles. The van der Waals surface area contributed by atoms with Crippen molar-refractivity contribution in [2.45, 2.75) is 13.0 Å². The first-order valence-corrected chi connectivity index (χ1v) is 8.45. The molecule has 3 aromatic rings. The zero-order chi connectivity index (χ0) is 17.9. The third-order valence-electron chi connectivity index (χ3n) is 4.27. The quantitative estimate of drug-likeness (QED) is 0.756. The summed E-state index contributed by atoms with van der Waals surface area (Å²) in [7, 11) is 0. The molecular formula is C20H18N2O4. The highest BCUT2D eigenvalue weighted by Gasteiger charge is 2.14. The van der Waals surface area contributed by atoms with Crippen LogP contribution in [0.2, 0.25) is 0 Å². The number of carbonyl (C=O) groups excluding carboxylic acids is 1. The smallest absolute Gasteiger partial charge is 0.253 e. The van der Waals surface area contributed by atoms with Gasteiger partial charge in [0.15, 0.2) is 11.5 Å². The number of aromatic amines is 1. The van der Waals surface area contributed by atoms with Crippen molar-refractivity contribution in [2.24, 2.45) is 0 Å². The molecule has 0 radical (unpaired) electrons. The van der Waals surface area contributed by atoms with Gasteiger partial charge in [0, 0.05) is 23.6 Å². The van der Waals surface area contributed by atoms with Crippen molar-refractivity contribution in [1.82, 2.24) is 10.3 Å². The zero-order valence-electron chi connectivity index (χ0n) is 14.1. The lowest BCUT2D eigenvalue weighted by Crippen LogP contribution is -2.28. The normalized spacial score (nSPS) is 12.8. The van der Waals surface area contributed by atoms with E-state index >= 15 is 0 Å². The number of pyridine rings is 1. The van der Waals surface area contributed by atoms with Crippen molar-refractivity contribution < 1.29 is 14.3 Å². The van der Waals surface area contributed by atoms with Crippen molar-refractivity contribution in [3.05, 3.63) is 70.0 Å². The summed E-state index contributed by atoms with van der Waals surface area (Å²) in [6, 6.07) is 14.9. The summed E-state index contributed by atoms with van der Waals surface area (Å²) >= 11 is 0. The number of hydrogen-bond acceptors (Lipinski definition) is 4. The Labute approximate surface area is 149 Å². The number of carbonyl (C=O) groups is 1. The number of fused-ring (bicyclic) bond motifs is 2. The average Bonchev–Trinajstić information content (AvgIpc) is 2.65. The molecule has 2 N–H and O–H groups in total. The van der Waals surface area contributed by atoms with Gasteiger partial charge in [-0.15, -0.1) is 0 Å². The second-order valence-corrected chi connectivity index (χ2v) is 6.15. The minimum absolute atomic E-state index is 0.127. The van der Waals surface area contributed by atoms with Crippen molar-refractivity contribution in [2.75, 3.05) is 13.2 Å². The number of hydrogen-bond donors (Lipinski definition) is 2. The molecule has 6 heteroatoms. The van der Waals surface area contributed by atoms with E-state index in [1.807, 2.05) is 36.4 Å². The van der Waals surface area contributed by atoms with E-state index in [4.69, 9.17) is 9.47 Å². The van der Waals surface area contributed by atoms with E-state index in [2.05, 4.69) is 10.3 Å². The lowest BCUT2D eigenvalue weighted by molar-refractivity contribution is -0.120. The van der Waals surface area contributed by atoms with Crippen LogP contribution in [0.1, 0.15) is 11.1 Å². The van der Waals surface area contributed by atoms with Crippen LogP contribution in [0.3, 0.4) is 0 Å². The molecule has 0 spiro atoms. The van der Waals surface area contributed by atoms with E-state index in [0.717, 1.165) is 10.9 Å². The van der Waals surface area contributed by atoms with Gasteiger partial charge in [0.1, 0.15) is 13.2 Å². The Bertz CT molecular complexity index is 1010. The number of benzene rings is 2. The number of H-pyrrole nitrogens is 1. The summed E-state index contributed by atoms with van der Waals surface area (Å²) in [6.45, 7) is 1.17. The highest BCUT2D eigenvalue weighted by molar-refractivity contribution is 5.83. The zero-order valence-corrected chi connectivity index (χ0v) is 14.1. The highest BCUT2D eigenvalue weighted by atomic mass is 16.6. The predicted octanol–water partition coefficient (Wildman–Crippen LogP) is 2.16. The average molecular weight is 350 g/mol. The van der Waals surface area contributed by atoms with Crippen molar-refractivity contribution in [3.8, 4) is 11.5 Å². The summed E-state index contributed by atoms with van der Waals surface area (Å²) < 4.78 is 11.1. The van der Waals surface area contributed by atoms with Gasteiger partial charge >= 0.3 is 0 Å². The van der Waals surface area contributed by atoms with E-state index in [9.17, 15) is 9.59 Å². The van der Waals surface area contributed by atoms with Crippen LogP contribution in [0, 0.1) is 0 Å². The molecule has 1 amide bonds. The van der Waals surface area contributed by atoms with E-state index in [0.29, 0.717) is 35.8 Å². The van der Waals surface area contributed by atoms with Gasteiger partial charge in [-0.2, -0.15) is 0 Å². The van der Waals surface area contributed by atoms with E-state index in [1.54, 1.807) is 12.1 Å². The molecule has 0 saturated carbocycles. The molecule has 0 unspecified atom stereocenters. The summed E-state index contributed by atoms with van der Waals surface area (Å²) in [6.07, 6.45) is 0.283. The summed E-state index contributed by atoms with van der Waals surface area (Å²) in [5.74, 6) is 1.16. The van der Waals surface area contributed by atoms with Gasteiger partial charge in [-0.05, 0) is 17.7 Å². The van der Waals surface area contributed by atoms with Crippen LogP contribution in [-0.2, 0) is 17.8 Å². The predicted molar refractivity (Wildman–Crippen MR) is 97.6 cm³/mol. The first-order chi connectivity index (χ1) is 12.7. The molecule has 0 atom stereocenters. The van der Waals surface area contributed by atoms with E-state index in [-0.39, 0.29) is 24.4 Å². The van der Waals surface area contributed by atoms with Gasteiger partial charge in [-0.1, -0.05) is 30.3 Å². The Hall–Kier alpha value is -3.28. The number of nitrogens with one attached hydrogen (secondary N) is 2. The van der Waals surface area contributed by atoms with E-state index < -0.39 is 0 Å². The Balaban J connectivity index is 1.52. The van der Waals surface area contributed by atoms with Crippen LogP contribution < -0.4 is 20.3 Å². The van der Waals surface area contributed by atoms with Gasteiger partial charge in [0.25, 0.3) is 5.56 Å². The highest BCUT2D eigenvalue weighted by Crippen LogP contribution is 2.33. The molecule has 0 saturated heterocycles. The van der Waals surface area contributed by atoms with Crippen LogP contribution in [-0.4, -0.2) is 24.1 Å². The topological polar surface area (TPSA) is 80.4 Å². The van der Waals surface area contributed by atoms with Crippen LogP contribution in [0.25, 0.3) is 10.9 Å². The van der Waals surface area contributed by atoms with Gasteiger partial charge in [0.2, 0.25) is 5.91 Å². The molecule has 0 fully saturated rings. The number of ether oxygens (including phenoxy) is 2. The maximum Gasteiger partial charge on any atom is 0.253 e. The SMILES string of the molecule is O=C(Cc1ccccc1)NCc1cc2cc3c(cc2[nH]c1=O)OCCO3. The minimum atomic E-state index is -0.228. The molecule has 1 aliphatic heterocycles. The van der Waals surface area contributed by atoms with Gasteiger partial charge in [-0.25, -0.2) is 0 Å². The Morgan fingerprint density at radius 1 is 1.04 bits per heavy atom. The van der Waals surface area contributed by atoms with Crippen molar-refractivity contribution >= 4 is 16.8 Å². The Kier molecular flexibility index (Phi) is 4.31. The van der Waals surface area contributed by atoms with Crippen molar-refractivity contribution in [3.63, 3.8) is 0 Å². The lowest BCUT2D eigenvalue weighted by atomic mass is 10.1. The molecule has 4 rings (SSSR count). The van der Waals surface area contributed by atoms with Crippen LogP contribution in [0.4, 0.5) is 0 Å². The third kappa shape index (κ3) is 3.39. The molecule has 0 aliphatic carbocycles. The Morgan fingerprint density at radius 2 is 1.77 bits per heavy atom. The number of rotatable bonds is 4. The molecule has 6 nitrogen and oxygen atoms in total. The van der Waals surface area contributed by atoms with Crippen LogP contribution >= 0.6 is 0 Å². The summed E-state index contributed by atoms with van der Waals surface area (Å²) in [5.41, 5.74) is 1.88. The lowest BCUT2D eigenvalue weighted by Gasteiger charge is -2.18. The fourth-order valence-corrected chi connectivity index (χ4v) is 2.96. The molecule has 1 aliphatic rings. The van der Waals surface area contributed by atoms with Gasteiger partial charge in [0.05, 0.1) is 11.9 Å². The first-order valence-electron chi connectivity index (χ1n) is 8.45. The van der Waals surface area contributed by atoms with Gasteiger partial charge < -0.3 is 19.8 Å². The van der Waals surface area contributed by atoms with Crippen molar-refractivity contribution in [1.29, 1.82) is 0 Å². The Morgan fingerprint density at radius 3 is 2.54 bits per heavy atom. The standard InChI is InChI=1S/C20H18N2O4/c23-19(8-13-4-2-1-3-5-13)21-12-15-9-14-10-17-18(26-7-6-25-17)11-16(14)22-20(15)24/h1-5,9-11H,6-8,12H2,(H,21,23)(H,22,24). The second-order valence-electron chi connectivity index (χ2n) is 6.15. The monoisotopic (exact) mass is 350 g/mol. The molecule has 132 valence electrons. The minimum Gasteiger partial charge on any atom is -0.486 e. The fourth-order valence-electron chi connectivity index (χ4n) is 2.96. The molecule has 0 bridgehead atoms.